The molecule has 1 N–H and O–H groups in total. The highest BCUT2D eigenvalue weighted by molar-refractivity contribution is 8.00. The third-order valence-electron chi connectivity index (χ3n) is 4.25. The van der Waals surface area contributed by atoms with Crippen molar-refractivity contribution in [3.63, 3.8) is 0 Å². The number of nitriles is 1. The van der Waals surface area contributed by atoms with Crippen LogP contribution in [0.3, 0.4) is 0 Å². The Morgan fingerprint density at radius 3 is 2.77 bits per heavy atom. The van der Waals surface area contributed by atoms with Gasteiger partial charge in [0.25, 0.3) is 5.91 Å². The first-order valence-corrected chi connectivity index (χ1v) is 9.15. The number of fused-ring (bicyclic) bond motifs is 1. The van der Waals surface area contributed by atoms with Gasteiger partial charge in [0.05, 0.1) is 17.5 Å². The number of hydrogen-bond acceptors (Lipinski definition) is 6. The highest BCUT2D eigenvalue weighted by atomic mass is 32.2. The minimum Gasteiger partial charge on any atom is -0.454 e. The van der Waals surface area contributed by atoms with Crippen LogP contribution in [0.5, 0.6) is 0 Å². The molecule has 0 saturated heterocycles. The summed E-state index contributed by atoms with van der Waals surface area (Å²) < 4.78 is 4.98. The van der Waals surface area contributed by atoms with E-state index < -0.39 is 24.0 Å². The fourth-order valence-electron chi connectivity index (χ4n) is 2.28. The number of rotatable bonds is 6. The van der Waals surface area contributed by atoms with Crippen molar-refractivity contribution >= 4 is 35.2 Å². The number of nitrogens with one attached hydrogen (secondary N) is 1. The number of carbonyl (C=O) groups is 3. The average molecular weight is 375 g/mol. The minimum absolute atomic E-state index is 0.105. The summed E-state index contributed by atoms with van der Waals surface area (Å²) in [6, 6.07) is 9.35. The van der Waals surface area contributed by atoms with Gasteiger partial charge in [0.2, 0.25) is 5.91 Å². The van der Waals surface area contributed by atoms with Gasteiger partial charge < -0.3 is 10.1 Å². The molecule has 0 bridgehead atoms. The number of hydrogen-bond donors (Lipinski definition) is 1. The van der Waals surface area contributed by atoms with Crippen molar-refractivity contribution in [2.45, 2.75) is 31.2 Å². The fourth-order valence-corrected chi connectivity index (χ4v) is 3.21. The second-order valence-electron chi connectivity index (χ2n) is 6.41. The molecule has 1 atom stereocenters. The van der Waals surface area contributed by atoms with Crippen molar-refractivity contribution in [2.75, 3.05) is 23.8 Å². The lowest BCUT2D eigenvalue weighted by Gasteiger charge is -2.28. The van der Waals surface area contributed by atoms with Crippen LogP contribution in [0.4, 0.5) is 5.69 Å². The van der Waals surface area contributed by atoms with Crippen LogP contribution in [0.25, 0.3) is 0 Å². The van der Waals surface area contributed by atoms with Crippen LogP contribution in [0, 0.1) is 17.2 Å². The highest BCUT2D eigenvalue weighted by Gasteiger charge is 2.31. The Morgan fingerprint density at radius 2 is 2.12 bits per heavy atom. The predicted molar refractivity (Wildman–Crippen MR) is 97.5 cm³/mol. The van der Waals surface area contributed by atoms with Gasteiger partial charge in [-0.3, -0.25) is 19.3 Å². The lowest BCUT2D eigenvalue weighted by atomic mass is 9.90. The summed E-state index contributed by atoms with van der Waals surface area (Å²) in [5.41, 5.74) is -0.380. The van der Waals surface area contributed by atoms with Crippen LogP contribution in [0.1, 0.15) is 20.8 Å². The van der Waals surface area contributed by atoms with E-state index >= 15 is 0 Å². The van der Waals surface area contributed by atoms with Crippen LogP contribution in [-0.4, -0.2) is 42.2 Å². The molecule has 0 aliphatic carbocycles. The quantitative estimate of drug-likeness (QED) is 0.760. The molecule has 1 aromatic carbocycles. The molecule has 2 amide bonds. The smallest absolute Gasteiger partial charge is 0.326 e. The van der Waals surface area contributed by atoms with E-state index in [4.69, 9.17) is 4.74 Å². The van der Waals surface area contributed by atoms with Crippen LogP contribution in [-0.2, 0) is 19.1 Å². The molecule has 0 aromatic heterocycles. The maximum absolute atomic E-state index is 12.1. The molecule has 0 saturated carbocycles. The lowest BCUT2D eigenvalue weighted by molar-refractivity contribution is -0.148. The molecule has 1 aliphatic heterocycles. The lowest BCUT2D eigenvalue weighted by Crippen LogP contribution is -2.50. The van der Waals surface area contributed by atoms with Gasteiger partial charge in [0.1, 0.15) is 12.1 Å². The molecule has 1 heterocycles. The second-order valence-corrected chi connectivity index (χ2v) is 7.43. The maximum Gasteiger partial charge on any atom is 0.326 e. The summed E-state index contributed by atoms with van der Waals surface area (Å²) in [6.45, 7) is 4.48. The first-order chi connectivity index (χ1) is 12.3. The van der Waals surface area contributed by atoms with Gasteiger partial charge in [-0.05, 0) is 25.0 Å². The van der Waals surface area contributed by atoms with Crippen LogP contribution >= 0.6 is 11.8 Å². The molecule has 1 aliphatic rings. The van der Waals surface area contributed by atoms with E-state index in [1.165, 1.54) is 16.7 Å². The molecule has 0 unspecified atom stereocenters. The van der Waals surface area contributed by atoms with E-state index in [-0.39, 0.29) is 24.1 Å². The number of anilines is 1. The number of para-hydroxylation sites is 1. The number of esters is 1. The number of amides is 2. The Balaban J connectivity index is 1.93. The topological polar surface area (TPSA) is 99.5 Å². The minimum atomic E-state index is -1.04. The summed E-state index contributed by atoms with van der Waals surface area (Å²) >= 11 is 1.42. The van der Waals surface area contributed by atoms with Crippen molar-refractivity contribution in [1.82, 2.24) is 5.32 Å². The Bertz CT molecular complexity index is 759. The van der Waals surface area contributed by atoms with Crippen LogP contribution in [0.2, 0.25) is 0 Å². The molecular formula is C18H21N3O4S. The average Bonchev–Trinajstić information content (AvgIpc) is 2.62. The summed E-state index contributed by atoms with van der Waals surface area (Å²) in [4.78, 5) is 38.4. The van der Waals surface area contributed by atoms with Gasteiger partial charge in [0.15, 0.2) is 6.61 Å². The Kier molecular flexibility index (Phi) is 6.27. The van der Waals surface area contributed by atoms with Gasteiger partial charge >= 0.3 is 5.97 Å². The molecule has 0 fully saturated rings. The number of thioether (sulfide) groups is 1. The molecule has 26 heavy (non-hydrogen) atoms. The molecule has 7 nitrogen and oxygen atoms in total. The largest absolute Gasteiger partial charge is 0.454 e. The molecular weight excluding hydrogens is 354 g/mol. The van der Waals surface area contributed by atoms with Crippen molar-refractivity contribution < 1.29 is 19.1 Å². The predicted octanol–water partition coefficient (Wildman–Crippen LogP) is 1.72. The molecule has 0 radical (unpaired) electrons. The van der Waals surface area contributed by atoms with E-state index in [2.05, 4.69) is 11.4 Å². The second kappa shape index (κ2) is 8.23. The summed E-state index contributed by atoms with van der Waals surface area (Å²) in [5.74, 6) is -1.28. The zero-order chi connectivity index (χ0) is 19.3. The number of ether oxygens (including phenoxy) is 1. The van der Waals surface area contributed by atoms with Gasteiger partial charge in [-0.2, -0.15) is 5.26 Å². The van der Waals surface area contributed by atoms with Crippen LogP contribution in [0.15, 0.2) is 29.2 Å². The normalized spacial score (nSPS) is 15.7. The number of carbonyl (C=O) groups excluding carboxylic acids is 3. The van der Waals surface area contributed by atoms with Crippen molar-refractivity contribution in [3.8, 4) is 6.07 Å². The Labute approximate surface area is 156 Å². The van der Waals surface area contributed by atoms with Crippen molar-refractivity contribution in [1.29, 1.82) is 5.26 Å². The molecule has 0 spiro atoms. The molecule has 1 aromatic rings. The number of benzene rings is 1. The molecule has 8 heteroatoms. The monoisotopic (exact) mass is 375 g/mol. The summed E-state index contributed by atoms with van der Waals surface area (Å²) in [5, 5.41) is 11.8. The fraction of sp³-hybridized carbons (Fsp3) is 0.444. The highest BCUT2D eigenvalue weighted by Crippen LogP contribution is 2.34. The summed E-state index contributed by atoms with van der Waals surface area (Å²) in [6.07, 6.45) is 0. The third-order valence-corrected chi connectivity index (χ3v) is 5.29. The summed E-state index contributed by atoms with van der Waals surface area (Å²) in [7, 11) is 0. The van der Waals surface area contributed by atoms with Gasteiger partial charge in [-0.25, -0.2) is 0 Å². The number of nitrogens with zero attached hydrogens (tertiary/aromatic N) is 2. The van der Waals surface area contributed by atoms with Crippen LogP contribution < -0.4 is 10.2 Å². The first-order valence-electron chi connectivity index (χ1n) is 8.17. The zero-order valence-electron chi connectivity index (χ0n) is 14.9. The van der Waals surface area contributed by atoms with E-state index in [1.54, 1.807) is 19.1 Å². The zero-order valence-corrected chi connectivity index (χ0v) is 15.8. The molecule has 138 valence electrons. The Hall–Kier alpha value is -2.53. The van der Waals surface area contributed by atoms with Crippen molar-refractivity contribution in [2.24, 2.45) is 5.92 Å². The SMILES string of the molecule is CC(C)[C@](C)(C#N)NC(=O)COC(=O)CN1C(=O)CSc2ccccc21. The standard InChI is InChI=1S/C18H21N3O4S/c1-12(2)18(3,11-19)20-15(22)9-25-17(24)8-21-13-6-4-5-7-14(13)26-10-16(21)23/h4-7,12H,8-10H2,1-3H3,(H,20,22)/t18-/m0/s1. The van der Waals surface area contributed by atoms with Gasteiger partial charge in [-0.1, -0.05) is 26.0 Å². The van der Waals surface area contributed by atoms with E-state index in [0.717, 1.165) is 4.90 Å². The van der Waals surface area contributed by atoms with E-state index in [1.807, 2.05) is 26.0 Å². The van der Waals surface area contributed by atoms with Crippen molar-refractivity contribution in [3.05, 3.63) is 24.3 Å². The Morgan fingerprint density at radius 1 is 1.42 bits per heavy atom. The third kappa shape index (κ3) is 4.55. The van der Waals surface area contributed by atoms with E-state index in [0.29, 0.717) is 5.69 Å². The molecule has 2 rings (SSSR count). The first kappa shape index (κ1) is 19.8. The van der Waals surface area contributed by atoms with E-state index in [9.17, 15) is 19.6 Å². The maximum atomic E-state index is 12.1. The van der Waals surface area contributed by atoms with Gasteiger partial charge in [-0.15, -0.1) is 11.8 Å². The van der Waals surface area contributed by atoms with Gasteiger partial charge in [0, 0.05) is 4.90 Å².